The molecule has 3 nitrogen and oxygen atoms in total. The third-order valence-corrected chi connectivity index (χ3v) is 5.75. The molecule has 0 aliphatic carbocycles. The fourth-order valence-electron chi connectivity index (χ4n) is 2.30. The van der Waals surface area contributed by atoms with Gasteiger partial charge in [0.05, 0.1) is 5.02 Å². The zero-order chi connectivity index (χ0) is 14.9. The van der Waals surface area contributed by atoms with Crippen LogP contribution in [0, 0.1) is 12.8 Å². The van der Waals surface area contributed by atoms with Gasteiger partial charge < -0.3 is 4.90 Å². The van der Waals surface area contributed by atoms with Gasteiger partial charge in [-0.1, -0.05) is 23.4 Å². The number of hydrogen-bond donors (Lipinski definition) is 0. The molecule has 0 saturated carbocycles. The maximum absolute atomic E-state index is 12.2. The standard InChI is InChI=1S/C14H15BrClNO2S/c1-8-12(4-3-11(15)14(8)16)17-6-10(5-13(17)19)7-20-9(2)18/h3-4,10H,5-7H2,1-2H3. The topological polar surface area (TPSA) is 37.4 Å². The van der Waals surface area contributed by atoms with Gasteiger partial charge in [-0.3, -0.25) is 9.59 Å². The lowest BCUT2D eigenvalue weighted by atomic mass is 10.1. The third kappa shape index (κ3) is 3.38. The lowest BCUT2D eigenvalue weighted by Crippen LogP contribution is -2.25. The van der Waals surface area contributed by atoms with Gasteiger partial charge in [0.15, 0.2) is 5.12 Å². The number of carbonyl (C=O) groups excluding carboxylic acids is 2. The molecule has 1 unspecified atom stereocenters. The van der Waals surface area contributed by atoms with Gasteiger partial charge in [-0.15, -0.1) is 0 Å². The van der Waals surface area contributed by atoms with E-state index in [1.54, 1.807) is 11.8 Å². The first kappa shape index (κ1) is 15.9. The van der Waals surface area contributed by atoms with Crippen molar-refractivity contribution in [3.63, 3.8) is 0 Å². The third-order valence-electron chi connectivity index (χ3n) is 3.33. The predicted octanol–water partition coefficient (Wildman–Crippen LogP) is 4.04. The molecule has 1 aliphatic rings. The van der Waals surface area contributed by atoms with Crippen molar-refractivity contribution in [2.45, 2.75) is 20.3 Å². The van der Waals surface area contributed by atoms with Crippen molar-refractivity contribution in [1.82, 2.24) is 0 Å². The number of amides is 1. The van der Waals surface area contributed by atoms with Crippen molar-refractivity contribution in [2.75, 3.05) is 17.2 Å². The predicted molar refractivity (Wildman–Crippen MR) is 87.5 cm³/mol. The van der Waals surface area contributed by atoms with Crippen molar-refractivity contribution < 1.29 is 9.59 Å². The van der Waals surface area contributed by atoms with Gasteiger partial charge in [-0.05, 0) is 46.5 Å². The summed E-state index contributed by atoms with van der Waals surface area (Å²) in [6.45, 7) is 4.11. The van der Waals surface area contributed by atoms with Crippen LogP contribution in [0.15, 0.2) is 16.6 Å². The Morgan fingerprint density at radius 1 is 1.55 bits per heavy atom. The first-order valence-corrected chi connectivity index (χ1v) is 8.44. The van der Waals surface area contributed by atoms with Crippen LogP contribution in [0.2, 0.25) is 5.02 Å². The van der Waals surface area contributed by atoms with E-state index in [0.29, 0.717) is 23.7 Å². The summed E-state index contributed by atoms with van der Waals surface area (Å²) in [4.78, 5) is 24.9. The highest BCUT2D eigenvalue weighted by Crippen LogP contribution is 2.36. The van der Waals surface area contributed by atoms with E-state index in [1.807, 2.05) is 19.1 Å². The van der Waals surface area contributed by atoms with Gasteiger partial charge in [-0.2, -0.15) is 0 Å². The molecule has 0 aromatic heterocycles. The second kappa shape index (κ2) is 6.50. The highest BCUT2D eigenvalue weighted by Gasteiger charge is 2.31. The van der Waals surface area contributed by atoms with Crippen molar-refractivity contribution >= 4 is 56.0 Å². The molecular weight excluding hydrogens is 362 g/mol. The van der Waals surface area contributed by atoms with E-state index in [0.717, 1.165) is 15.7 Å². The first-order chi connectivity index (χ1) is 9.40. The van der Waals surface area contributed by atoms with Crippen molar-refractivity contribution in [1.29, 1.82) is 0 Å². The van der Waals surface area contributed by atoms with Crippen LogP contribution < -0.4 is 4.90 Å². The average Bonchev–Trinajstić information content (AvgIpc) is 2.75. The molecule has 108 valence electrons. The van der Waals surface area contributed by atoms with Gasteiger partial charge in [0.2, 0.25) is 5.91 Å². The Kier molecular flexibility index (Phi) is 5.15. The number of halogens is 2. The highest BCUT2D eigenvalue weighted by atomic mass is 79.9. The fraction of sp³-hybridized carbons (Fsp3) is 0.429. The highest BCUT2D eigenvalue weighted by molar-refractivity contribution is 9.10. The molecule has 1 fully saturated rings. The maximum Gasteiger partial charge on any atom is 0.227 e. The number of nitrogens with zero attached hydrogens (tertiary/aromatic N) is 1. The summed E-state index contributed by atoms with van der Waals surface area (Å²) in [6, 6.07) is 3.76. The van der Waals surface area contributed by atoms with Crippen LogP contribution in [-0.4, -0.2) is 23.3 Å². The maximum atomic E-state index is 12.2. The molecule has 1 aliphatic heterocycles. The fourth-order valence-corrected chi connectivity index (χ4v) is 3.58. The Bertz CT molecular complexity index is 564. The minimum absolute atomic E-state index is 0.0961. The van der Waals surface area contributed by atoms with E-state index in [4.69, 9.17) is 11.6 Å². The summed E-state index contributed by atoms with van der Waals surface area (Å²) in [5, 5.41) is 0.732. The lowest BCUT2D eigenvalue weighted by Gasteiger charge is -2.20. The molecule has 0 spiro atoms. The zero-order valence-corrected chi connectivity index (χ0v) is 14.4. The van der Waals surface area contributed by atoms with Crippen LogP contribution in [0.5, 0.6) is 0 Å². The molecule has 1 aromatic rings. The number of carbonyl (C=O) groups is 2. The summed E-state index contributed by atoms with van der Waals surface area (Å²) in [6.07, 6.45) is 0.493. The summed E-state index contributed by atoms with van der Waals surface area (Å²) in [7, 11) is 0. The second-order valence-corrected chi connectivity index (χ2v) is 7.31. The van der Waals surface area contributed by atoms with Crippen molar-refractivity contribution in [2.24, 2.45) is 5.92 Å². The van der Waals surface area contributed by atoms with Crippen LogP contribution >= 0.6 is 39.3 Å². The average molecular weight is 377 g/mol. The van der Waals surface area contributed by atoms with Crippen LogP contribution in [0.1, 0.15) is 18.9 Å². The summed E-state index contributed by atoms with van der Waals surface area (Å²) < 4.78 is 0.829. The molecule has 1 atom stereocenters. The Labute approximate surface area is 136 Å². The second-order valence-electron chi connectivity index (χ2n) is 4.88. The van der Waals surface area contributed by atoms with Gasteiger partial charge in [-0.25, -0.2) is 0 Å². The molecule has 6 heteroatoms. The Morgan fingerprint density at radius 2 is 2.25 bits per heavy atom. The Morgan fingerprint density at radius 3 is 2.90 bits per heavy atom. The summed E-state index contributed by atoms with van der Waals surface area (Å²) in [5.41, 5.74) is 1.76. The number of thioether (sulfide) groups is 1. The van der Waals surface area contributed by atoms with E-state index in [-0.39, 0.29) is 16.9 Å². The van der Waals surface area contributed by atoms with E-state index in [2.05, 4.69) is 15.9 Å². The smallest absolute Gasteiger partial charge is 0.227 e. The molecule has 2 rings (SSSR count). The van der Waals surface area contributed by atoms with Crippen molar-refractivity contribution in [3.05, 3.63) is 27.2 Å². The molecule has 1 saturated heterocycles. The molecule has 1 aromatic carbocycles. The van der Waals surface area contributed by atoms with Gasteiger partial charge in [0, 0.05) is 35.8 Å². The summed E-state index contributed by atoms with van der Waals surface area (Å²) in [5.74, 6) is 1.01. The minimum atomic E-state index is 0.0961. The van der Waals surface area contributed by atoms with Gasteiger partial charge in [0.25, 0.3) is 0 Å². The van der Waals surface area contributed by atoms with Crippen LogP contribution in [-0.2, 0) is 9.59 Å². The minimum Gasteiger partial charge on any atom is -0.312 e. The summed E-state index contributed by atoms with van der Waals surface area (Å²) >= 11 is 10.9. The molecular formula is C14H15BrClNO2S. The number of anilines is 1. The van der Waals surface area contributed by atoms with E-state index in [1.165, 1.54) is 11.8 Å². The lowest BCUT2D eigenvalue weighted by molar-refractivity contribution is -0.117. The van der Waals surface area contributed by atoms with Gasteiger partial charge >= 0.3 is 0 Å². The zero-order valence-electron chi connectivity index (χ0n) is 11.3. The van der Waals surface area contributed by atoms with Crippen molar-refractivity contribution in [3.8, 4) is 0 Å². The quantitative estimate of drug-likeness (QED) is 0.799. The normalized spacial score (nSPS) is 18.7. The van der Waals surface area contributed by atoms with Gasteiger partial charge in [0.1, 0.15) is 0 Å². The Balaban J connectivity index is 2.16. The molecule has 20 heavy (non-hydrogen) atoms. The number of hydrogen-bond acceptors (Lipinski definition) is 3. The van der Waals surface area contributed by atoms with Crippen LogP contribution in [0.4, 0.5) is 5.69 Å². The van der Waals surface area contributed by atoms with Crippen LogP contribution in [0.3, 0.4) is 0 Å². The first-order valence-electron chi connectivity index (χ1n) is 6.28. The molecule has 1 heterocycles. The molecule has 0 radical (unpaired) electrons. The van der Waals surface area contributed by atoms with E-state index in [9.17, 15) is 9.59 Å². The number of rotatable bonds is 3. The largest absolute Gasteiger partial charge is 0.312 e. The van der Waals surface area contributed by atoms with E-state index >= 15 is 0 Å². The molecule has 1 amide bonds. The van der Waals surface area contributed by atoms with E-state index < -0.39 is 0 Å². The SMILES string of the molecule is CC(=O)SCC1CC(=O)N(c2ccc(Br)c(Cl)c2C)C1. The van der Waals surface area contributed by atoms with Crippen LogP contribution in [0.25, 0.3) is 0 Å². The number of benzene rings is 1. The molecule has 0 bridgehead atoms. The Hall–Kier alpha value is -0.520. The monoisotopic (exact) mass is 375 g/mol. The molecule has 0 N–H and O–H groups in total.